The van der Waals surface area contributed by atoms with E-state index in [2.05, 4.69) is 35.5 Å². The van der Waals surface area contributed by atoms with Crippen molar-refractivity contribution in [2.75, 3.05) is 5.73 Å². The summed E-state index contributed by atoms with van der Waals surface area (Å²) >= 11 is 6.07. The molecule has 2 atom stereocenters. The Bertz CT molecular complexity index is 1650. The number of nitrogens with two attached hydrogens (primary N) is 1. The number of benzene rings is 1. The minimum absolute atomic E-state index is 0.0367. The number of nitrogens with zero attached hydrogens (tertiary/aromatic N) is 9. The van der Waals surface area contributed by atoms with Gasteiger partial charge >= 0.3 is 0 Å². The van der Waals surface area contributed by atoms with Crippen molar-refractivity contribution < 1.29 is 4.39 Å². The molecule has 4 aromatic heterocycles. The fourth-order valence-electron chi connectivity index (χ4n) is 4.45. The summed E-state index contributed by atoms with van der Waals surface area (Å²) in [6.07, 6.45) is 6.74. The van der Waals surface area contributed by atoms with Crippen LogP contribution in [0.15, 0.2) is 47.9 Å². The molecule has 0 radical (unpaired) electrons. The Labute approximate surface area is 207 Å². The molecule has 0 saturated carbocycles. The highest BCUT2D eigenvalue weighted by Gasteiger charge is 2.34. The Morgan fingerprint density at radius 2 is 2.00 bits per heavy atom. The van der Waals surface area contributed by atoms with Gasteiger partial charge in [-0.25, -0.2) is 24.3 Å². The molecule has 1 aliphatic heterocycles. The third kappa shape index (κ3) is 3.51. The molecule has 1 aliphatic rings. The normalized spacial score (nSPS) is 16.9. The van der Waals surface area contributed by atoms with Gasteiger partial charge in [-0.2, -0.15) is 4.68 Å². The number of aromatic nitrogens is 10. The highest BCUT2D eigenvalue weighted by molar-refractivity contribution is 6.31. The van der Waals surface area contributed by atoms with Gasteiger partial charge in [0.2, 0.25) is 5.95 Å². The molecule has 0 amide bonds. The molecular weight excluding hydrogens is 489 g/mol. The van der Waals surface area contributed by atoms with Crippen LogP contribution in [0.2, 0.25) is 5.02 Å². The standard InChI is InChI=1S/C22H17ClFN11O/c1-10-4-16(20-26-8-14(30-20)11-6-27-22(25)28-7-11)35-17(36)5-13(31-21(10)35)18-15(34-9-29-32-33-34)3-2-12(23)19(18)24/h2-3,5-10,16H,4H2,1H3,(H,26,30)(H2,25,27,28)/t10-,16-/m0/s1. The van der Waals surface area contributed by atoms with E-state index in [0.29, 0.717) is 35.0 Å². The van der Waals surface area contributed by atoms with Crippen molar-refractivity contribution in [2.45, 2.75) is 25.3 Å². The number of nitrogen functional groups attached to an aromatic ring is 1. The predicted molar refractivity (Wildman–Crippen MR) is 127 cm³/mol. The van der Waals surface area contributed by atoms with Crippen LogP contribution in [0.4, 0.5) is 10.3 Å². The van der Waals surface area contributed by atoms with Crippen molar-refractivity contribution in [1.82, 2.24) is 49.7 Å². The first kappa shape index (κ1) is 22.0. The molecule has 14 heteroatoms. The lowest BCUT2D eigenvalue weighted by Crippen LogP contribution is -2.25. The first-order valence-corrected chi connectivity index (χ1v) is 11.3. The van der Waals surface area contributed by atoms with Crippen LogP contribution in [0.1, 0.15) is 37.0 Å². The maximum atomic E-state index is 15.3. The molecule has 0 fully saturated rings. The second-order valence-corrected chi connectivity index (χ2v) is 8.79. The molecular formula is C22H17ClFN11O. The van der Waals surface area contributed by atoms with E-state index in [9.17, 15) is 4.79 Å². The van der Waals surface area contributed by atoms with Crippen molar-refractivity contribution in [3.8, 4) is 28.2 Å². The van der Waals surface area contributed by atoms with Crippen LogP contribution in [0.25, 0.3) is 28.2 Å². The first-order valence-electron chi connectivity index (χ1n) is 10.9. The summed E-state index contributed by atoms with van der Waals surface area (Å²) in [6, 6.07) is 3.88. The van der Waals surface area contributed by atoms with Crippen molar-refractivity contribution in [2.24, 2.45) is 0 Å². The minimum Gasteiger partial charge on any atom is -0.368 e. The molecule has 0 spiro atoms. The molecule has 180 valence electrons. The summed E-state index contributed by atoms with van der Waals surface area (Å²) in [5.41, 5.74) is 7.11. The molecule has 6 rings (SSSR count). The fourth-order valence-corrected chi connectivity index (χ4v) is 4.61. The maximum Gasteiger partial charge on any atom is 0.254 e. The largest absolute Gasteiger partial charge is 0.368 e. The van der Waals surface area contributed by atoms with Gasteiger partial charge < -0.3 is 10.7 Å². The van der Waals surface area contributed by atoms with Crippen molar-refractivity contribution in [1.29, 1.82) is 0 Å². The van der Waals surface area contributed by atoms with E-state index in [0.717, 1.165) is 0 Å². The van der Waals surface area contributed by atoms with E-state index >= 15 is 4.39 Å². The van der Waals surface area contributed by atoms with Gasteiger partial charge in [-0.15, -0.1) is 5.10 Å². The van der Waals surface area contributed by atoms with Crippen molar-refractivity contribution in [3.63, 3.8) is 0 Å². The molecule has 5 heterocycles. The van der Waals surface area contributed by atoms with E-state index in [4.69, 9.17) is 22.3 Å². The Kier molecular flexibility index (Phi) is 5.07. The molecule has 1 aromatic carbocycles. The van der Waals surface area contributed by atoms with Gasteiger partial charge in [-0.1, -0.05) is 18.5 Å². The van der Waals surface area contributed by atoms with Crippen LogP contribution in [-0.4, -0.2) is 49.7 Å². The number of nitrogens with one attached hydrogen (secondary N) is 1. The second kappa shape index (κ2) is 8.30. The highest BCUT2D eigenvalue weighted by atomic mass is 35.5. The van der Waals surface area contributed by atoms with Gasteiger partial charge in [0.15, 0.2) is 5.82 Å². The number of hydrogen-bond acceptors (Lipinski definition) is 9. The number of hydrogen-bond donors (Lipinski definition) is 2. The van der Waals surface area contributed by atoms with E-state index in [1.807, 2.05) is 6.92 Å². The Hall–Kier alpha value is -4.52. The Morgan fingerprint density at radius 3 is 2.75 bits per heavy atom. The van der Waals surface area contributed by atoms with Crippen molar-refractivity contribution >= 4 is 17.5 Å². The average molecular weight is 506 g/mol. The van der Waals surface area contributed by atoms with E-state index in [1.54, 1.807) is 29.2 Å². The molecule has 0 unspecified atom stereocenters. The number of rotatable bonds is 4. The van der Waals surface area contributed by atoms with E-state index in [1.165, 1.54) is 23.1 Å². The zero-order valence-corrected chi connectivity index (χ0v) is 19.4. The summed E-state index contributed by atoms with van der Waals surface area (Å²) in [6.45, 7) is 1.95. The number of aromatic amines is 1. The zero-order chi connectivity index (χ0) is 25.0. The molecule has 0 saturated heterocycles. The number of halogens is 2. The number of imidazole rings is 1. The maximum absolute atomic E-state index is 15.3. The molecule has 0 aliphatic carbocycles. The smallest absolute Gasteiger partial charge is 0.254 e. The third-order valence-corrected chi connectivity index (χ3v) is 6.42. The topological polar surface area (TPSA) is 159 Å². The zero-order valence-electron chi connectivity index (χ0n) is 18.7. The third-order valence-electron chi connectivity index (χ3n) is 6.13. The molecule has 12 nitrogen and oxygen atoms in total. The SMILES string of the molecule is C[C@H]1C[C@@H](c2ncc(-c3cnc(N)nc3)[nH]2)n2c1nc(-c1c(-n3cnnn3)ccc(Cl)c1F)cc2=O. The van der Waals surface area contributed by atoms with E-state index in [-0.39, 0.29) is 39.7 Å². The second-order valence-electron chi connectivity index (χ2n) is 8.38. The summed E-state index contributed by atoms with van der Waals surface area (Å²) in [5.74, 6) is 0.454. The number of anilines is 1. The van der Waals surface area contributed by atoms with E-state index < -0.39 is 5.82 Å². The monoisotopic (exact) mass is 505 g/mol. The molecule has 0 bridgehead atoms. The predicted octanol–water partition coefficient (Wildman–Crippen LogP) is 2.54. The summed E-state index contributed by atoms with van der Waals surface area (Å²) in [5, 5.41) is 11.0. The Morgan fingerprint density at radius 1 is 1.19 bits per heavy atom. The summed E-state index contributed by atoms with van der Waals surface area (Å²) in [4.78, 5) is 33.8. The minimum atomic E-state index is -0.717. The van der Waals surface area contributed by atoms with Crippen molar-refractivity contribution in [3.05, 3.63) is 76.0 Å². The molecule has 5 aromatic rings. The summed E-state index contributed by atoms with van der Waals surface area (Å²) < 4.78 is 18.1. The van der Waals surface area contributed by atoms with Gasteiger partial charge in [0.1, 0.15) is 18.0 Å². The lowest BCUT2D eigenvalue weighted by molar-refractivity contribution is 0.555. The quantitative estimate of drug-likeness (QED) is 0.374. The number of H-pyrrole nitrogens is 1. The summed E-state index contributed by atoms with van der Waals surface area (Å²) in [7, 11) is 0. The highest BCUT2D eigenvalue weighted by Crippen LogP contribution is 2.39. The van der Waals surface area contributed by atoms with Crippen LogP contribution < -0.4 is 11.3 Å². The Balaban J connectivity index is 1.44. The van der Waals surface area contributed by atoms with Gasteiger partial charge in [-0.05, 0) is 29.0 Å². The van der Waals surface area contributed by atoms with Crippen LogP contribution >= 0.6 is 11.6 Å². The van der Waals surface area contributed by atoms with Crippen LogP contribution in [0.5, 0.6) is 0 Å². The lowest BCUT2D eigenvalue weighted by atomic mass is 10.1. The average Bonchev–Trinajstić information content (AvgIpc) is 3.62. The number of fused-ring (bicyclic) bond motifs is 1. The molecule has 36 heavy (non-hydrogen) atoms. The van der Waals surface area contributed by atoms with Crippen LogP contribution in [0, 0.1) is 5.82 Å². The fraction of sp³-hybridized carbons (Fsp3) is 0.182. The van der Waals surface area contributed by atoms with Gasteiger partial charge in [0.25, 0.3) is 5.56 Å². The lowest BCUT2D eigenvalue weighted by Gasteiger charge is -2.15. The molecule has 3 N–H and O–H groups in total. The first-order chi connectivity index (χ1) is 17.4. The van der Waals surface area contributed by atoms with Gasteiger partial charge in [-0.3, -0.25) is 9.36 Å². The number of tetrazole rings is 1. The van der Waals surface area contributed by atoms with Gasteiger partial charge in [0, 0.05) is 29.9 Å². The van der Waals surface area contributed by atoms with Crippen LogP contribution in [0.3, 0.4) is 0 Å². The van der Waals surface area contributed by atoms with Gasteiger partial charge in [0.05, 0.1) is 39.9 Å². The van der Waals surface area contributed by atoms with Crippen LogP contribution in [-0.2, 0) is 0 Å².